The lowest BCUT2D eigenvalue weighted by molar-refractivity contribution is -0.174. The fourth-order valence-corrected chi connectivity index (χ4v) is 2.74. The quantitative estimate of drug-likeness (QED) is 0.775. The predicted octanol–water partition coefficient (Wildman–Crippen LogP) is -0.572. The molecule has 3 amide bonds. The van der Waals surface area contributed by atoms with E-state index < -0.39 is 17.5 Å². The van der Waals surface area contributed by atoms with Crippen LogP contribution in [0, 0.1) is 0 Å². The van der Waals surface area contributed by atoms with Crippen molar-refractivity contribution < 1.29 is 14.4 Å². The number of hydrazine groups is 1. The van der Waals surface area contributed by atoms with Gasteiger partial charge in [-0.1, -0.05) is 18.2 Å². The summed E-state index contributed by atoms with van der Waals surface area (Å²) in [6.07, 6.45) is 11.9. The van der Waals surface area contributed by atoms with Crippen LogP contribution in [0.3, 0.4) is 0 Å². The molecule has 1 aliphatic heterocycles. The Hall–Kier alpha value is -2.90. The minimum atomic E-state index is -1.13. The zero-order valence-corrected chi connectivity index (χ0v) is 11.7. The summed E-state index contributed by atoms with van der Waals surface area (Å²) in [6.45, 7) is 0. The molecule has 1 aliphatic carbocycles. The van der Waals surface area contributed by atoms with Crippen molar-refractivity contribution in [3.8, 4) is 0 Å². The van der Waals surface area contributed by atoms with E-state index in [1.807, 2.05) is 12.2 Å². The Morgan fingerprint density at radius 2 is 2.18 bits per heavy atom. The lowest BCUT2D eigenvalue weighted by Gasteiger charge is -2.53. The van der Waals surface area contributed by atoms with Crippen molar-refractivity contribution in [3.63, 3.8) is 0 Å². The maximum absolute atomic E-state index is 12.3. The van der Waals surface area contributed by atoms with Gasteiger partial charge >= 0.3 is 0 Å². The first-order chi connectivity index (χ1) is 10.6. The molecule has 1 aromatic rings. The lowest BCUT2D eigenvalue weighted by atomic mass is 9.81. The van der Waals surface area contributed by atoms with Crippen LogP contribution in [-0.2, 0) is 14.4 Å². The van der Waals surface area contributed by atoms with Crippen LogP contribution in [0.2, 0.25) is 0 Å². The van der Waals surface area contributed by atoms with Gasteiger partial charge in [-0.25, -0.2) is 9.99 Å². The summed E-state index contributed by atoms with van der Waals surface area (Å²) in [7, 11) is 0. The van der Waals surface area contributed by atoms with Crippen molar-refractivity contribution in [3.05, 3.63) is 43.0 Å². The third-order valence-electron chi connectivity index (χ3n) is 3.83. The molecule has 8 heteroatoms. The molecule has 22 heavy (non-hydrogen) atoms. The highest BCUT2D eigenvalue weighted by molar-refractivity contribution is 6.02. The average molecular weight is 301 g/mol. The number of allylic oxidation sites excluding steroid dienone is 2. The Morgan fingerprint density at radius 1 is 1.36 bits per heavy atom. The predicted molar refractivity (Wildman–Crippen MR) is 75.7 cm³/mol. The second-order valence-corrected chi connectivity index (χ2v) is 5.16. The second-order valence-electron chi connectivity index (χ2n) is 5.16. The van der Waals surface area contributed by atoms with E-state index in [4.69, 9.17) is 5.73 Å². The van der Waals surface area contributed by atoms with Gasteiger partial charge in [0.05, 0.1) is 12.4 Å². The molecule has 1 fully saturated rings. The van der Waals surface area contributed by atoms with E-state index in [2.05, 4.69) is 10.4 Å². The summed E-state index contributed by atoms with van der Waals surface area (Å²) in [5.41, 5.74) is 6.43. The van der Waals surface area contributed by atoms with Gasteiger partial charge in [-0.05, 0) is 6.08 Å². The first-order valence-corrected chi connectivity index (χ1v) is 6.81. The topological polar surface area (TPSA) is 110 Å². The number of rotatable bonds is 4. The molecule has 2 heterocycles. The van der Waals surface area contributed by atoms with Gasteiger partial charge in [0, 0.05) is 25.2 Å². The van der Waals surface area contributed by atoms with E-state index in [1.54, 1.807) is 35.4 Å². The summed E-state index contributed by atoms with van der Waals surface area (Å²) in [4.78, 5) is 39.4. The molecule has 2 atom stereocenters. The minimum absolute atomic E-state index is 0.0500. The van der Waals surface area contributed by atoms with Crippen LogP contribution in [0.4, 0.5) is 0 Å². The van der Waals surface area contributed by atoms with Gasteiger partial charge < -0.3 is 10.3 Å². The number of carbonyl (C=O) groups is 3. The number of nitrogens with zero attached hydrogens (tertiary/aromatic N) is 3. The highest BCUT2D eigenvalue weighted by atomic mass is 16.2. The zero-order chi connectivity index (χ0) is 15.7. The highest BCUT2D eigenvalue weighted by Crippen LogP contribution is 2.39. The van der Waals surface area contributed by atoms with Crippen LogP contribution in [0.1, 0.15) is 18.9 Å². The van der Waals surface area contributed by atoms with Crippen molar-refractivity contribution in [2.75, 3.05) is 0 Å². The Kier molecular flexibility index (Phi) is 3.28. The fourth-order valence-electron chi connectivity index (χ4n) is 2.74. The number of hydrogen-bond acceptors (Lipinski definition) is 4. The summed E-state index contributed by atoms with van der Waals surface area (Å²) < 4.78 is 1.76. The zero-order valence-electron chi connectivity index (χ0n) is 11.7. The fraction of sp³-hybridized carbons (Fsp3) is 0.286. The molecule has 0 aromatic carbocycles. The van der Waals surface area contributed by atoms with Crippen LogP contribution in [0.5, 0.6) is 0 Å². The molecule has 2 aliphatic rings. The summed E-state index contributed by atoms with van der Waals surface area (Å²) in [6, 6.07) is -0.397. The molecule has 8 nitrogen and oxygen atoms in total. The van der Waals surface area contributed by atoms with E-state index >= 15 is 0 Å². The summed E-state index contributed by atoms with van der Waals surface area (Å²) in [5, 5.41) is 1.27. The highest BCUT2D eigenvalue weighted by Gasteiger charge is 2.59. The average Bonchev–Trinajstić information content (AvgIpc) is 3.04. The van der Waals surface area contributed by atoms with E-state index in [9.17, 15) is 14.4 Å². The molecule has 1 spiro atoms. The van der Waals surface area contributed by atoms with Gasteiger partial charge in [0.25, 0.3) is 5.91 Å². The van der Waals surface area contributed by atoms with Crippen LogP contribution >= 0.6 is 0 Å². The van der Waals surface area contributed by atoms with Gasteiger partial charge in [-0.3, -0.25) is 19.8 Å². The number of primary amides is 1. The van der Waals surface area contributed by atoms with Crippen LogP contribution in [0.15, 0.2) is 43.0 Å². The minimum Gasteiger partial charge on any atom is -0.370 e. The van der Waals surface area contributed by atoms with Gasteiger partial charge in [0.1, 0.15) is 0 Å². The molecule has 3 N–H and O–H groups in total. The first kappa shape index (κ1) is 14.1. The van der Waals surface area contributed by atoms with E-state index in [1.165, 1.54) is 5.01 Å². The number of hydrogen-bond donors (Lipinski definition) is 2. The normalized spacial score (nSPS) is 25.9. The molecule has 0 saturated carbocycles. The van der Waals surface area contributed by atoms with Gasteiger partial charge in [-0.15, -0.1) is 0 Å². The van der Waals surface area contributed by atoms with Crippen molar-refractivity contribution >= 4 is 17.7 Å². The Bertz CT molecular complexity index is 679. The molecule has 1 aromatic heterocycles. The maximum atomic E-state index is 12.3. The molecule has 2 unspecified atom stereocenters. The largest absolute Gasteiger partial charge is 0.370 e. The van der Waals surface area contributed by atoms with E-state index in [0.717, 1.165) is 0 Å². The SMILES string of the molecule is NC(=O)CCC(=O)N1NC(=O)C12C=CC=CC2n1ccnc1. The third-order valence-corrected chi connectivity index (χ3v) is 3.83. The number of nitrogens with one attached hydrogen (secondary N) is 1. The number of aromatic nitrogens is 2. The van der Waals surface area contributed by atoms with Crippen LogP contribution in [-0.4, -0.2) is 37.8 Å². The van der Waals surface area contributed by atoms with Gasteiger partial charge in [0.2, 0.25) is 11.8 Å². The van der Waals surface area contributed by atoms with E-state index in [0.29, 0.717) is 0 Å². The standard InChI is InChI=1S/C14H15N5O3/c15-11(20)4-5-12(21)19-14(13(22)17-19)6-2-1-3-10(14)18-8-7-16-9-18/h1-3,6-10H,4-5H2,(H2,15,20)(H,17,22). The molecule has 0 bridgehead atoms. The lowest BCUT2D eigenvalue weighted by Crippen LogP contribution is -2.79. The smallest absolute Gasteiger partial charge is 0.273 e. The molecule has 1 saturated heterocycles. The molecule has 0 radical (unpaired) electrons. The van der Waals surface area contributed by atoms with Gasteiger partial charge in [-0.2, -0.15) is 0 Å². The molecule has 3 rings (SSSR count). The molecule has 114 valence electrons. The van der Waals surface area contributed by atoms with Crippen molar-refractivity contribution in [1.82, 2.24) is 20.0 Å². The molecular weight excluding hydrogens is 286 g/mol. The number of nitrogens with two attached hydrogens (primary N) is 1. The van der Waals surface area contributed by atoms with Crippen molar-refractivity contribution in [2.24, 2.45) is 5.73 Å². The third kappa shape index (κ3) is 2.00. The number of amides is 3. The summed E-state index contributed by atoms with van der Waals surface area (Å²) in [5.74, 6) is -1.19. The van der Waals surface area contributed by atoms with Crippen molar-refractivity contribution in [2.45, 2.75) is 24.4 Å². The summed E-state index contributed by atoms with van der Waals surface area (Å²) >= 11 is 0. The Labute approximate surface area is 126 Å². The maximum Gasteiger partial charge on any atom is 0.273 e. The van der Waals surface area contributed by atoms with Crippen LogP contribution < -0.4 is 11.2 Å². The molecular formula is C14H15N5O3. The van der Waals surface area contributed by atoms with Gasteiger partial charge in [0.15, 0.2) is 5.54 Å². The first-order valence-electron chi connectivity index (χ1n) is 6.81. The van der Waals surface area contributed by atoms with Crippen LogP contribution in [0.25, 0.3) is 0 Å². The number of imidazole rings is 1. The Morgan fingerprint density at radius 3 is 2.82 bits per heavy atom. The van der Waals surface area contributed by atoms with E-state index in [-0.39, 0.29) is 24.7 Å². The van der Waals surface area contributed by atoms with Crippen molar-refractivity contribution in [1.29, 1.82) is 0 Å². The Balaban J connectivity index is 1.89. The monoisotopic (exact) mass is 301 g/mol. The second kappa shape index (κ2) is 5.14. The number of carbonyl (C=O) groups excluding carboxylic acids is 3.